The SMILES string of the molecule is Cc1ccc([S+]([O-])SCCN2CCOCC2)cc1. The molecule has 1 atom stereocenters. The van der Waals surface area contributed by atoms with Crippen molar-refractivity contribution in [2.75, 3.05) is 38.6 Å². The molecule has 1 fully saturated rings. The molecule has 3 nitrogen and oxygen atoms in total. The molecule has 1 saturated heterocycles. The molecule has 5 heteroatoms. The molecule has 0 aliphatic carbocycles. The minimum Gasteiger partial charge on any atom is -0.600 e. The second-order valence-corrected chi connectivity index (χ2v) is 7.52. The zero-order chi connectivity index (χ0) is 12.8. The van der Waals surface area contributed by atoms with Gasteiger partial charge in [0.05, 0.1) is 40.0 Å². The molecule has 0 bridgehead atoms. The second-order valence-electron chi connectivity index (χ2n) is 4.32. The van der Waals surface area contributed by atoms with Crippen LogP contribution >= 0.6 is 10.8 Å². The summed E-state index contributed by atoms with van der Waals surface area (Å²) in [6.45, 7) is 6.68. The molecule has 1 aliphatic rings. The zero-order valence-corrected chi connectivity index (χ0v) is 12.3. The van der Waals surface area contributed by atoms with E-state index in [-0.39, 0.29) is 0 Å². The lowest BCUT2D eigenvalue weighted by atomic mass is 10.2. The molecular formula is C13H19NO2S2. The molecule has 1 heterocycles. The summed E-state index contributed by atoms with van der Waals surface area (Å²) < 4.78 is 17.3. The van der Waals surface area contributed by atoms with E-state index in [0.29, 0.717) is 0 Å². The first-order valence-corrected chi connectivity index (χ1v) is 8.83. The van der Waals surface area contributed by atoms with Gasteiger partial charge in [0.2, 0.25) is 0 Å². The van der Waals surface area contributed by atoms with Crippen LogP contribution in [0, 0.1) is 6.92 Å². The molecule has 2 rings (SSSR count). The van der Waals surface area contributed by atoms with Gasteiger partial charge in [0, 0.05) is 19.6 Å². The van der Waals surface area contributed by atoms with Crippen molar-refractivity contribution in [1.29, 1.82) is 0 Å². The highest BCUT2D eigenvalue weighted by Gasteiger charge is 2.15. The van der Waals surface area contributed by atoms with Gasteiger partial charge in [-0.05, 0) is 19.1 Å². The Morgan fingerprint density at radius 3 is 2.61 bits per heavy atom. The number of hydrogen-bond acceptors (Lipinski definition) is 4. The first-order valence-electron chi connectivity index (χ1n) is 6.17. The minimum absolute atomic E-state index is 0.825. The van der Waals surface area contributed by atoms with Crippen LogP contribution in [0.15, 0.2) is 29.2 Å². The van der Waals surface area contributed by atoms with Crippen LogP contribution < -0.4 is 0 Å². The predicted molar refractivity (Wildman–Crippen MR) is 77.3 cm³/mol. The van der Waals surface area contributed by atoms with Crippen LogP contribution in [0.2, 0.25) is 0 Å². The van der Waals surface area contributed by atoms with Gasteiger partial charge in [0.15, 0.2) is 4.90 Å². The van der Waals surface area contributed by atoms with Gasteiger partial charge in [0.1, 0.15) is 0 Å². The fourth-order valence-corrected chi connectivity index (χ4v) is 4.18. The van der Waals surface area contributed by atoms with Crippen LogP contribution in [0.25, 0.3) is 0 Å². The van der Waals surface area contributed by atoms with Crippen molar-refractivity contribution in [1.82, 2.24) is 4.90 Å². The lowest BCUT2D eigenvalue weighted by molar-refractivity contribution is 0.0410. The van der Waals surface area contributed by atoms with Crippen molar-refractivity contribution in [3.63, 3.8) is 0 Å². The lowest BCUT2D eigenvalue weighted by Crippen LogP contribution is -2.37. The van der Waals surface area contributed by atoms with Gasteiger partial charge in [-0.2, -0.15) is 0 Å². The van der Waals surface area contributed by atoms with Gasteiger partial charge >= 0.3 is 0 Å². The molecule has 0 saturated carbocycles. The molecular weight excluding hydrogens is 266 g/mol. The van der Waals surface area contributed by atoms with Crippen molar-refractivity contribution in [2.24, 2.45) is 0 Å². The van der Waals surface area contributed by atoms with Crippen LogP contribution in [0.5, 0.6) is 0 Å². The molecule has 1 unspecified atom stereocenters. The highest BCUT2D eigenvalue weighted by atomic mass is 33.1. The van der Waals surface area contributed by atoms with Crippen molar-refractivity contribution in [3.8, 4) is 0 Å². The fourth-order valence-electron chi connectivity index (χ4n) is 1.78. The van der Waals surface area contributed by atoms with Gasteiger partial charge < -0.3 is 9.29 Å². The quantitative estimate of drug-likeness (QED) is 0.613. The zero-order valence-electron chi connectivity index (χ0n) is 10.6. The maximum absolute atomic E-state index is 12.0. The first-order chi connectivity index (χ1) is 8.75. The van der Waals surface area contributed by atoms with Crippen LogP contribution in [0.1, 0.15) is 5.56 Å². The smallest absolute Gasteiger partial charge is 0.165 e. The fraction of sp³-hybridized carbons (Fsp3) is 0.538. The molecule has 1 aromatic rings. The molecule has 0 spiro atoms. The topological polar surface area (TPSA) is 35.5 Å². The van der Waals surface area contributed by atoms with Gasteiger partial charge in [-0.25, -0.2) is 0 Å². The summed E-state index contributed by atoms with van der Waals surface area (Å²) in [5.41, 5.74) is 1.20. The van der Waals surface area contributed by atoms with E-state index in [2.05, 4.69) is 4.90 Å². The summed E-state index contributed by atoms with van der Waals surface area (Å²) in [6.07, 6.45) is 0. The highest BCUT2D eigenvalue weighted by molar-refractivity contribution is 8.72. The van der Waals surface area contributed by atoms with E-state index >= 15 is 0 Å². The van der Waals surface area contributed by atoms with Crippen LogP contribution in [-0.2, 0) is 14.9 Å². The number of rotatable bonds is 5. The second kappa shape index (κ2) is 7.40. The molecule has 0 aromatic heterocycles. The lowest BCUT2D eigenvalue weighted by Gasteiger charge is -2.25. The summed E-state index contributed by atoms with van der Waals surface area (Å²) >= 11 is 0. The van der Waals surface area contributed by atoms with E-state index in [9.17, 15) is 4.55 Å². The Hall–Kier alpha value is -0.200. The van der Waals surface area contributed by atoms with E-state index < -0.39 is 10.2 Å². The third-order valence-electron chi connectivity index (χ3n) is 2.92. The van der Waals surface area contributed by atoms with Gasteiger partial charge in [-0.15, -0.1) is 0 Å². The van der Waals surface area contributed by atoms with Gasteiger partial charge in [-0.1, -0.05) is 17.7 Å². The third kappa shape index (κ3) is 4.48. The maximum atomic E-state index is 12.0. The van der Waals surface area contributed by atoms with Gasteiger partial charge in [-0.3, -0.25) is 4.90 Å². The third-order valence-corrected chi connectivity index (χ3v) is 5.85. The minimum atomic E-state index is -0.937. The van der Waals surface area contributed by atoms with E-state index in [1.807, 2.05) is 31.2 Å². The standard InChI is InChI=1S/C13H19NO2S2/c1-12-2-4-13(5-3-12)18(15)17-11-8-14-6-9-16-10-7-14/h2-5H,6-11H2,1H3. The first kappa shape index (κ1) is 14.2. The number of ether oxygens (including phenoxy) is 1. The average Bonchev–Trinajstić information content (AvgIpc) is 2.40. The normalized spacial score (nSPS) is 18.8. The van der Waals surface area contributed by atoms with Crippen LogP contribution in [-0.4, -0.2) is 48.1 Å². The Morgan fingerprint density at radius 2 is 1.94 bits per heavy atom. The van der Waals surface area contributed by atoms with Gasteiger partial charge in [0.25, 0.3) is 0 Å². The Balaban J connectivity index is 1.70. The number of benzene rings is 1. The number of aryl methyl sites for hydroxylation is 1. The summed E-state index contributed by atoms with van der Waals surface area (Å²) in [4.78, 5) is 3.27. The highest BCUT2D eigenvalue weighted by Crippen LogP contribution is 2.23. The maximum Gasteiger partial charge on any atom is 0.165 e. The monoisotopic (exact) mass is 285 g/mol. The summed E-state index contributed by atoms with van der Waals surface area (Å²) in [5, 5.41) is 0. The van der Waals surface area contributed by atoms with E-state index in [4.69, 9.17) is 4.74 Å². The van der Waals surface area contributed by atoms with E-state index in [1.54, 1.807) is 0 Å². The Morgan fingerprint density at radius 1 is 1.28 bits per heavy atom. The average molecular weight is 285 g/mol. The molecule has 0 amide bonds. The number of hydrogen-bond donors (Lipinski definition) is 0. The van der Waals surface area contributed by atoms with Crippen molar-refractivity contribution in [3.05, 3.63) is 29.8 Å². The predicted octanol–water partition coefficient (Wildman–Crippen LogP) is 2.08. The summed E-state index contributed by atoms with van der Waals surface area (Å²) in [6, 6.07) is 7.92. The summed E-state index contributed by atoms with van der Waals surface area (Å²) in [7, 11) is 0.581. The van der Waals surface area contributed by atoms with E-state index in [0.717, 1.165) is 43.5 Å². The Kier molecular flexibility index (Phi) is 5.85. The van der Waals surface area contributed by atoms with E-state index in [1.165, 1.54) is 16.4 Å². The van der Waals surface area contributed by atoms with Crippen LogP contribution in [0.3, 0.4) is 0 Å². The van der Waals surface area contributed by atoms with Crippen molar-refractivity contribution < 1.29 is 9.29 Å². The molecule has 18 heavy (non-hydrogen) atoms. The van der Waals surface area contributed by atoms with Crippen LogP contribution in [0.4, 0.5) is 0 Å². The molecule has 0 radical (unpaired) electrons. The van der Waals surface area contributed by atoms with Crippen molar-refractivity contribution in [2.45, 2.75) is 11.8 Å². The molecule has 0 N–H and O–H groups in total. The Bertz CT molecular complexity index is 353. The summed E-state index contributed by atoms with van der Waals surface area (Å²) in [5.74, 6) is 0.903. The van der Waals surface area contributed by atoms with Crippen molar-refractivity contribution >= 4 is 21.0 Å². The number of morpholine rings is 1. The molecule has 100 valence electrons. The largest absolute Gasteiger partial charge is 0.600 e. The molecule has 1 aliphatic heterocycles. The molecule has 1 aromatic carbocycles. The Labute approximate surface area is 115 Å². The number of nitrogens with zero attached hydrogens (tertiary/aromatic N) is 1.